The number of fused-ring (bicyclic) bond motifs is 2. The molecule has 0 unspecified atom stereocenters. The Morgan fingerprint density at radius 2 is 2.08 bits per heavy atom. The minimum atomic E-state index is -0.623. The molecule has 8 nitrogen and oxygen atoms in total. The lowest BCUT2D eigenvalue weighted by atomic mass is 10.0. The molecule has 0 atom stereocenters. The Morgan fingerprint density at radius 3 is 2.75 bits per heavy atom. The smallest absolute Gasteiger partial charge is 0.262 e. The van der Waals surface area contributed by atoms with Crippen LogP contribution in [0.1, 0.15) is 5.56 Å². The minimum absolute atomic E-state index is 0.0272. The Balaban J connectivity index is 2.00. The number of methoxy groups -OCH3 is 1. The van der Waals surface area contributed by atoms with Gasteiger partial charge in [0.15, 0.2) is 11.5 Å². The molecular formula is C16H15N3O5. The number of anilines is 1. The van der Waals surface area contributed by atoms with E-state index in [2.05, 4.69) is 10.6 Å². The summed E-state index contributed by atoms with van der Waals surface area (Å²) >= 11 is 0. The van der Waals surface area contributed by atoms with Gasteiger partial charge in [0.1, 0.15) is 24.9 Å². The van der Waals surface area contributed by atoms with Crippen LogP contribution >= 0.6 is 0 Å². The lowest BCUT2D eigenvalue weighted by molar-refractivity contribution is -0.117. The number of ether oxygens (including phenoxy) is 3. The van der Waals surface area contributed by atoms with Crippen LogP contribution in [0.2, 0.25) is 0 Å². The summed E-state index contributed by atoms with van der Waals surface area (Å²) in [5, 5.41) is 14.6. The molecule has 0 saturated heterocycles. The van der Waals surface area contributed by atoms with Crippen molar-refractivity contribution in [3.8, 4) is 17.6 Å². The average molecular weight is 329 g/mol. The van der Waals surface area contributed by atoms with Crippen LogP contribution in [0, 0.1) is 11.3 Å². The Kier molecular flexibility index (Phi) is 4.35. The summed E-state index contributed by atoms with van der Waals surface area (Å²) in [6.07, 6.45) is 0. The third kappa shape index (κ3) is 2.77. The third-order valence-corrected chi connectivity index (χ3v) is 3.61. The predicted molar refractivity (Wildman–Crippen MR) is 83.5 cm³/mol. The molecule has 2 aliphatic heterocycles. The van der Waals surface area contributed by atoms with Crippen molar-refractivity contribution in [1.29, 1.82) is 5.26 Å². The van der Waals surface area contributed by atoms with Crippen molar-refractivity contribution < 1.29 is 23.8 Å². The second-order valence-electron chi connectivity index (χ2n) is 5.11. The van der Waals surface area contributed by atoms with E-state index in [9.17, 15) is 14.9 Å². The first-order valence-corrected chi connectivity index (χ1v) is 7.32. The van der Waals surface area contributed by atoms with Gasteiger partial charge in [-0.1, -0.05) is 0 Å². The number of benzene rings is 1. The van der Waals surface area contributed by atoms with Crippen LogP contribution in [0.25, 0.3) is 5.57 Å². The van der Waals surface area contributed by atoms with Gasteiger partial charge in [0, 0.05) is 25.3 Å². The number of amides is 2. The molecule has 0 saturated carbocycles. The van der Waals surface area contributed by atoms with E-state index in [0.29, 0.717) is 42.6 Å². The van der Waals surface area contributed by atoms with Crippen molar-refractivity contribution >= 4 is 23.1 Å². The highest BCUT2D eigenvalue weighted by molar-refractivity contribution is 6.36. The largest absolute Gasteiger partial charge is 0.486 e. The van der Waals surface area contributed by atoms with E-state index in [4.69, 9.17) is 14.2 Å². The molecule has 0 aliphatic carbocycles. The van der Waals surface area contributed by atoms with Gasteiger partial charge in [-0.25, -0.2) is 0 Å². The number of carbonyl (C=O) groups is 2. The van der Waals surface area contributed by atoms with Gasteiger partial charge in [0.25, 0.3) is 11.8 Å². The summed E-state index contributed by atoms with van der Waals surface area (Å²) in [7, 11) is 1.50. The standard InChI is InChI=1S/C16H15N3O5/c1-22-3-2-18-15(20)10(8-17)14-9-6-12-13(24-5-4-23-12)7-11(9)19-16(14)21/h6-7H,2-5H2,1H3,(H,18,20)(H,19,21). The maximum atomic E-state index is 12.3. The Morgan fingerprint density at radius 1 is 1.38 bits per heavy atom. The number of rotatable bonds is 4. The second kappa shape index (κ2) is 6.60. The van der Waals surface area contributed by atoms with Crippen molar-refractivity contribution in [2.45, 2.75) is 0 Å². The summed E-state index contributed by atoms with van der Waals surface area (Å²) < 4.78 is 15.8. The van der Waals surface area contributed by atoms with E-state index in [1.54, 1.807) is 12.1 Å². The molecule has 1 aromatic carbocycles. The average Bonchev–Trinajstić information content (AvgIpc) is 2.89. The molecule has 8 heteroatoms. The lowest BCUT2D eigenvalue weighted by Crippen LogP contribution is -2.29. The molecule has 0 spiro atoms. The highest BCUT2D eigenvalue weighted by Gasteiger charge is 2.32. The van der Waals surface area contributed by atoms with Crippen LogP contribution in [0.15, 0.2) is 17.7 Å². The van der Waals surface area contributed by atoms with Gasteiger partial charge in [-0.15, -0.1) is 0 Å². The van der Waals surface area contributed by atoms with Crippen LogP contribution in [0.4, 0.5) is 5.69 Å². The highest BCUT2D eigenvalue weighted by atomic mass is 16.6. The van der Waals surface area contributed by atoms with Crippen molar-refractivity contribution in [3.63, 3.8) is 0 Å². The van der Waals surface area contributed by atoms with Crippen LogP contribution in [-0.4, -0.2) is 45.3 Å². The number of hydrogen-bond acceptors (Lipinski definition) is 6. The number of hydrogen-bond donors (Lipinski definition) is 2. The second-order valence-corrected chi connectivity index (χ2v) is 5.11. The lowest BCUT2D eigenvalue weighted by Gasteiger charge is -2.19. The van der Waals surface area contributed by atoms with Crippen LogP contribution in [0.5, 0.6) is 11.5 Å². The first kappa shape index (κ1) is 15.8. The molecule has 2 heterocycles. The molecule has 1 aromatic rings. The number of nitriles is 1. The van der Waals surface area contributed by atoms with Gasteiger partial charge >= 0.3 is 0 Å². The van der Waals surface area contributed by atoms with E-state index >= 15 is 0 Å². The number of carbonyl (C=O) groups excluding carboxylic acids is 2. The van der Waals surface area contributed by atoms with Crippen LogP contribution in [-0.2, 0) is 14.3 Å². The van der Waals surface area contributed by atoms with E-state index in [-0.39, 0.29) is 17.7 Å². The van der Waals surface area contributed by atoms with Crippen LogP contribution in [0.3, 0.4) is 0 Å². The Hall–Kier alpha value is -3.05. The maximum absolute atomic E-state index is 12.3. The third-order valence-electron chi connectivity index (χ3n) is 3.61. The quantitative estimate of drug-likeness (QED) is 0.471. The van der Waals surface area contributed by atoms with Gasteiger partial charge in [0.05, 0.1) is 17.9 Å². The van der Waals surface area contributed by atoms with Crippen molar-refractivity contribution in [1.82, 2.24) is 5.32 Å². The summed E-state index contributed by atoms with van der Waals surface area (Å²) in [6.45, 7) is 1.37. The van der Waals surface area contributed by atoms with E-state index in [0.717, 1.165) is 0 Å². The summed E-state index contributed by atoms with van der Waals surface area (Å²) in [6, 6.07) is 5.06. The molecule has 0 aromatic heterocycles. The van der Waals surface area contributed by atoms with Crippen molar-refractivity contribution in [3.05, 3.63) is 23.3 Å². The Labute approximate surface area is 138 Å². The van der Waals surface area contributed by atoms with Gasteiger partial charge in [-0.3, -0.25) is 9.59 Å². The molecule has 3 rings (SSSR count). The SMILES string of the molecule is COCCNC(=O)C(C#N)=C1C(=O)Nc2cc3c(cc21)OCCO3. The summed E-state index contributed by atoms with van der Waals surface area (Å²) in [5.74, 6) is -0.135. The molecule has 0 radical (unpaired) electrons. The first-order valence-electron chi connectivity index (χ1n) is 7.32. The summed E-state index contributed by atoms with van der Waals surface area (Å²) in [4.78, 5) is 24.5. The highest BCUT2D eigenvalue weighted by Crippen LogP contribution is 2.42. The zero-order valence-electron chi connectivity index (χ0n) is 13.0. The number of nitrogens with zero attached hydrogens (tertiary/aromatic N) is 1. The summed E-state index contributed by atoms with van der Waals surface area (Å²) in [5.41, 5.74) is 0.706. The topological polar surface area (TPSA) is 110 Å². The van der Waals surface area contributed by atoms with Gasteiger partial charge in [-0.2, -0.15) is 5.26 Å². The van der Waals surface area contributed by atoms with E-state index in [1.807, 2.05) is 6.07 Å². The zero-order chi connectivity index (χ0) is 17.1. The van der Waals surface area contributed by atoms with Gasteiger partial charge in [0.2, 0.25) is 0 Å². The molecule has 24 heavy (non-hydrogen) atoms. The first-order chi connectivity index (χ1) is 11.7. The molecule has 0 bridgehead atoms. The fourth-order valence-electron chi connectivity index (χ4n) is 2.53. The van der Waals surface area contributed by atoms with Gasteiger partial charge in [-0.05, 0) is 6.07 Å². The molecule has 0 fully saturated rings. The normalized spacial score (nSPS) is 16.8. The molecule has 2 N–H and O–H groups in total. The number of nitrogens with one attached hydrogen (secondary N) is 2. The molecule has 2 aliphatic rings. The van der Waals surface area contributed by atoms with Crippen molar-refractivity contribution in [2.75, 3.05) is 38.8 Å². The zero-order valence-corrected chi connectivity index (χ0v) is 13.0. The monoisotopic (exact) mass is 329 g/mol. The van der Waals surface area contributed by atoms with Crippen LogP contribution < -0.4 is 20.1 Å². The fraction of sp³-hybridized carbons (Fsp3) is 0.312. The van der Waals surface area contributed by atoms with E-state index in [1.165, 1.54) is 7.11 Å². The molecule has 2 amide bonds. The molecule has 124 valence electrons. The predicted octanol–water partition coefficient (Wildman–Crippen LogP) is 0.450. The fourth-order valence-corrected chi connectivity index (χ4v) is 2.53. The molecular weight excluding hydrogens is 314 g/mol. The van der Waals surface area contributed by atoms with Gasteiger partial charge < -0.3 is 24.8 Å². The van der Waals surface area contributed by atoms with Crippen molar-refractivity contribution in [2.24, 2.45) is 0 Å². The Bertz CT molecular complexity index is 779. The van der Waals surface area contributed by atoms with E-state index < -0.39 is 11.8 Å². The maximum Gasteiger partial charge on any atom is 0.262 e. The minimum Gasteiger partial charge on any atom is -0.486 e.